The first-order valence-electron chi connectivity index (χ1n) is 11.4. The standard InChI is InChI=1S/C24H37N4O3PS/c1-9-31-32-18-14-16(27-33-8)10-11-17(18)25-21(26-32)19-20(29)24(7,15(2)3)28(22(19)30)13-12-23(4,5)6/h10-11,14-15,27,29H,9,12-13H2,1-8H3,(H,25,26). The molecule has 1 aromatic rings. The van der Waals surface area contributed by atoms with E-state index in [1.807, 2.05) is 57.0 Å². The van der Waals surface area contributed by atoms with Crippen molar-refractivity contribution in [2.45, 2.75) is 60.4 Å². The number of amides is 1. The van der Waals surface area contributed by atoms with E-state index >= 15 is 0 Å². The molecule has 7 nitrogen and oxygen atoms in total. The number of aliphatic hydroxyl groups is 1. The monoisotopic (exact) mass is 492 g/mol. The fraction of sp³-hybridized carbons (Fsp3) is 0.583. The Labute approximate surface area is 203 Å². The van der Waals surface area contributed by atoms with Gasteiger partial charge in [-0.05, 0) is 49.8 Å². The smallest absolute Gasteiger partial charge is 0.261 e. The predicted molar refractivity (Wildman–Crippen MR) is 141 cm³/mol. The number of nitrogens with one attached hydrogen (secondary N) is 2. The molecule has 9 heteroatoms. The molecule has 3 rings (SSSR count). The summed E-state index contributed by atoms with van der Waals surface area (Å²) in [6.45, 7) is 15.5. The van der Waals surface area contributed by atoms with Gasteiger partial charge in [-0.3, -0.25) is 4.79 Å². The second-order valence-electron chi connectivity index (χ2n) is 10.1. The maximum Gasteiger partial charge on any atom is 0.261 e. The summed E-state index contributed by atoms with van der Waals surface area (Å²) in [5, 5.41) is 15.7. The van der Waals surface area contributed by atoms with Crippen molar-refractivity contribution in [1.29, 1.82) is 0 Å². The van der Waals surface area contributed by atoms with Gasteiger partial charge in [-0.2, -0.15) is 0 Å². The predicted octanol–water partition coefficient (Wildman–Crippen LogP) is 5.49. The van der Waals surface area contributed by atoms with Crippen LogP contribution in [0.4, 0.5) is 11.4 Å². The van der Waals surface area contributed by atoms with E-state index < -0.39 is 13.8 Å². The first-order valence-corrected chi connectivity index (χ1v) is 13.9. The Bertz CT molecular complexity index is 973. The normalized spacial score (nSPS) is 23.1. The zero-order valence-electron chi connectivity index (χ0n) is 20.9. The largest absolute Gasteiger partial charge is 0.509 e. The van der Waals surface area contributed by atoms with Crippen LogP contribution in [0.5, 0.6) is 0 Å². The highest BCUT2D eigenvalue weighted by atomic mass is 32.2. The minimum absolute atomic E-state index is 0.0315. The summed E-state index contributed by atoms with van der Waals surface area (Å²) in [6, 6.07) is 5.91. The van der Waals surface area contributed by atoms with Gasteiger partial charge in [0.25, 0.3) is 5.91 Å². The third-order valence-electron chi connectivity index (χ3n) is 6.29. The lowest BCUT2D eigenvalue weighted by Crippen LogP contribution is -2.50. The minimum Gasteiger partial charge on any atom is -0.509 e. The van der Waals surface area contributed by atoms with E-state index in [0.29, 0.717) is 19.0 Å². The van der Waals surface area contributed by atoms with Crippen LogP contribution < -0.4 is 15.1 Å². The lowest BCUT2D eigenvalue weighted by atomic mass is 9.84. The molecule has 0 fully saturated rings. The van der Waals surface area contributed by atoms with Gasteiger partial charge in [0, 0.05) is 18.5 Å². The van der Waals surface area contributed by atoms with Gasteiger partial charge in [0.1, 0.15) is 22.7 Å². The van der Waals surface area contributed by atoms with Crippen LogP contribution in [0.15, 0.2) is 34.5 Å². The van der Waals surface area contributed by atoms with Crippen LogP contribution in [0.2, 0.25) is 0 Å². The Morgan fingerprint density at radius 1 is 1.36 bits per heavy atom. The molecule has 2 unspecified atom stereocenters. The molecule has 182 valence electrons. The molecule has 0 aromatic heterocycles. The SMILES string of the molecule is CCOP1NC(C2=C(O)C(C)(C(C)C)N(CCC(C)(C)C)C2=O)=Nc2ccc(NSC)cc21. The molecule has 0 aliphatic carbocycles. The quantitative estimate of drug-likeness (QED) is 0.329. The number of fused-ring (bicyclic) bond motifs is 1. The Morgan fingerprint density at radius 3 is 2.64 bits per heavy atom. The van der Waals surface area contributed by atoms with Gasteiger partial charge in [0.05, 0.1) is 17.6 Å². The highest BCUT2D eigenvalue weighted by Gasteiger charge is 2.52. The number of carbonyl (C=O) groups is 1. The van der Waals surface area contributed by atoms with Gasteiger partial charge < -0.3 is 24.3 Å². The van der Waals surface area contributed by atoms with Crippen LogP contribution in [0.3, 0.4) is 0 Å². The molecule has 1 aromatic carbocycles. The lowest BCUT2D eigenvalue weighted by molar-refractivity contribution is -0.131. The molecule has 0 radical (unpaired) electrons. The number of nitrogens with zero attached hydrogens (tertiary/aromatic N) is 2. The fourth-order valence-corrected chi connectivity index (χ4v) is 5.90. The van der Waals surface area contributed by atoms with Gasteiger partial charge in [0.2, 0.25) is 0 Å². The molecule has 0 spiro atoms. The van der Waals surface area contributed by atoms with E-state index in [-0.39, 0.29) is 28.6 Å². The van der Waals surface area contributed by atoms with E-state index in [4.69, 9.17) is 9.52 Å². The van der Waals surface area contributed by atoms with Crippen molar-refractivity contribution in [1.82, 2.24) is 9.99 Å². The zero-order valence-corrected chi connectivity index (χ0v) is 22.7. The Balaban J connectivity index is 2.06. The number of aliphatic hydroxyl groups excluding tert-OH is 1. The van der Waals surface area contributed by atoms with Crippen molar-refractivity contribution >= 4 is 48.7 Å². The fourth-order valence-electron chi connectivity index (χ4n) is 4.01. The zero-order chi connectivity index (χ0) is 24.6. The van der Waals surface area contributed by atoms with Gasteiger partial charge in [-0.15, -0.1) is 0 Å². The molecule has 0 saturated carbocycles. The van der Waals surface area contributed by atoms with Crippen LogP contribution in [0.1, 0.15) is 54.9 Å². The molecular weight excluding hydrogens is 455 g/mol. The molecule has 1 amide bonds. The molecule has 2 heterocycles. The molecule has 2 atom stereocenters. The van der Waals surface area contributed by atoms with Gasteiger partial charge in [-0.25, -0.2) is 4.99 Å². The van der Waals surface area contributed by atoms with Gasteiger partial charge in [0.15, 0.2) is 8.30 Å². The number of hydrogen-bond acceptors (Lipinski definition) is 7. The maximum atomic E-state index is 13.7. The Hall–Kier alpha value is -1.76. The molecule has 0 saturated heterocycles. The first kappa shape index (κ1) is 25.9. The number of anilines is 1. The number of hydrogen-bond donors (Lipinski definition) is 3. The topological polar surface area (TPSA) is 86.2 Å². The summed E-state index contributed by atoms with van der Waals surface area (Å²) >= 11 is 1.52. The van der Waals surface area contributed by atoms with E-state index in [9.17, 15) is 9.90 Å². The van der Waals surface area contributed by atoms with E-state index in [2.05, 4.69) is 30.6 Å². The first-order chi connectivity index (χ1) is 15.4. The van der Waals surface area contributed by atoms with Crippen molar-refractivity contribution in [3.05, 3.63) is 29.5 Å². The van der Waals surface area contributed by atoms with Crippen LogP contribution in [0.25, 0.3) is 0 Å². The van der Waals surface area contributed by atoms with Crippen molar-refractivity contribution in [3.8, 4) is 0 Å². The number of aliphatic imine (C=N–C) groups is 1. The average Bonchev–Trinajstić information content (AvgIpc) is 2.92. The molecule has 2 aliphatic heterocycles. The third-order valence-corrected chi connectivity index (χ3v) is 8.46. The highest BCUT2D eigenvalue weighted by Crippen LogP contribution is 2.45. The Morgan fingerprint density at radius 2 is 2.06 bits per heavy atom. The second kappa shape index (κ2) is 9.85. The van der Waals surface area contributed by atoms with Crippen molar-refractivity contribution in [2.24, 2.45) is 16.3 Å². The van der Waals surface area contributed by atoms with Crippen LogP contribution >= 0.6 is 20.2 Å². The lowest BCUT2D eigenvalue weighted by Gasteiger charge is -2.40. The van der Waals surface area contributed by atoms with Crippen LogP contribution in [0, 0.1) is 11.3 Å². The average molecular weight is 493 g/mol. The van der Waals surface area contributed by atoms with E-state index in [1.165, 1.54) is 11.9 Å². The second-order valence-corrected chi connectivity index (χ2v) is 12.3. The number of amidine groups is 1. The summed E-state index contributed by atoms with van der Waals surface area (Å²) < 4.78 is 9.27. The van der Waals surface area contributed by atoms with E-state index in [0.717, 1.165) is 23.1 Å². The van der Waals surface area contributed by atoms with Crippen LogP contribution in [-0.2, 0) is 9.32 Å². The maximum absolute atomic E-state index is 13.7. The van der Waals surface area contributed by atoms with Gasteiger partial charge in [-0.1, -0.05) is 46.6 Å². The van der Waals surface area contributed by atoms with Gasteiger partial charge >= 0.3 is 0 Å². The molecule has 0 bridgehead atoms. The molecular formula is C24H37N4O3PS. The van der Waals surface area contributed by atoms with Crippen LogP contribution in [-0.4, -0.2) is 46.7 Å². The summed E-state index contributed by atoms with van der Waals surface area (Å²) in [7, 11) is -1.24. The summed E-state index contributed by atoms with van der Waals surface area (Å²) in [4.78, 5) is 20.3. The van der Waals surface area contributed by atoms with Crippen molar-refractivity contribution in [2.75, 3.05) is 24.1 Å². The van der Waals surface area contributed by atoms with Crippen molar-refractivity contribution < 1.29 is 14.4 Å². The van der Waals surface area contributed by atoms with E-state index in [1.54, 1.807) is 0 Å². The van der Waals surface area contributed by atoms with Crippen molar-refractivity contribution in [3.63, 3.8) is 0 Å². The number of carbonyl (C=O) groups excluding carboxylic acids is 1. The molecule has 3 N–H and O–H groups in total. The Kier molecular flexibility index (Phi) is 7.72. The highest BCUT2D eigenvalue weighted by molar-refractivity contribution is 7.99. The number of rotatable bonds is 8. The minimum atomic E-state index is -1.24. The summed E-state index contributed by atoms with van der Waals surface area (Å²) in [5.41, 5.74) is 1.25. The summed E-state index contributed by atoms with van der Waals surface area (Å²) in [5.74, 6) is 0.317. The number of benzene rings is 1. The third kappa shape index (κ3) is 5.03. The molecule has 2 aliphatic rings. The molecule has 33 heavy (non-hydrogen) atoms. The summed E-state index contributed by atoms with van der Waals surface area (Å²) in [6.07, 6.45) is 2.80.